The van der Waals surface area contributed by atoms with Gasteiger partial charge >= 0.3 is 0 Å². The van der Waals surface area contributed by atoms with Crippen LogP contribution < -0.4 is 5.32 Å². The van der Waals surface area contributed by atoms with Gasteiger partial charge in [0, 0.05) is 12.4 Å². The molecule has 0 unspecified atom stereocenters. The van der Waals surface area contributed by atoms with E-state index in [4.69, 9.17) is 0 Å². The molecule has 1 saturated heterocycles. The first-order valence-corrected chi connectivity index (χ1v) is 5.73. The smallest absolute Gasteiger partial charge is 0.0342 e. The molecule has 1 aliphatic heterocycles. The predicted molar refractivity (Wildman–Crippen MR) is 61.3 cm³/mol. The predicted octanol–water partition coefficient (Wildman–Crippen LogP) is 2.09. The third-order valence-electron chi connectivity index (χ3n) is 3.66. The topological polar surface area (TPSA) is 24.9 Å². The van der Waals surface area contributed by atoms with Gasteiger partial charge in [0.2, 0.25) is 0 Å². The Hall–Kier alpha value is -1.15. The van der Waals surface area contributed by atoms with Crippen LogP contribution in [-0.4, -0.2) is 18.1 Å². The fourth-order valence-electron chi connectivity index (χ4n) is 2.75. The van der Waals surface area contributed by atoms with Gasteiger partial charge in [-0.2, -0.15) is 0 Å². The normalized spacial score (nSPS) is 29.7. The van der Waals surface area contributed by atoms with Crippen LogP contribution in [0.15, 0.2) is 30.6 Å². The van der Waals surface area contributed by atoms with Gasteiger partial charge in [0.1, 0.15) is 0 Å². The Morgan fingerprint density at radius 3 is 3.07 bits per heavy atom. The van der Waals surface area contributed by atoms with Crippen molar-refractivity contribution in [1.82, 2.24) is 10.3 Å². The molecule has 2 heteroatoms. The zero-order valence-corrected chi connectivity index (χ0v) is 8.82. The molecule has 78 valence electrons. The van der Waals surface area contributed by atoms with Gasteiger partial charge in [0.05, 0.1) is 0 Å². The number of fused-ring (bicyclic) bond motifs is 1. The monoisotopic (exact) mass is 200 g/mol. The van der Waals surface area contributed by atoms with E-state index in [0.717, 1.165) is 11.8 Å². The van der Waals surface area contributed by atoms with Crippen LogP contribution >= 0.6 is 0 Å². The number of hydrogen-bond acceptors (Lipinski definition) is 2. The highest BCUT2D eigenvalue weighted by atomic mass is 14.9. The maximum atomic E-state index is 4.19. The highest BCUT2D eigenvalue weighted by Gasteiger charge is 2.30. The molecule has 1 fully saturated rings. The number of allylic oxidation sites excluding steroid dienone is 2. The SMILES string of the molecule is C1=C(c2cccnc2)C[C@@H]2CNC[C@@H]2C1. The number of nitrogens with zero attached hydrogens (tertiary/aromatic N) is 1. The minimum Gasteiger partial charge on any atom is -0.316 e. The first-order valence-electron chi connectivity index (χ1n) is 5.73. The summed E-state index contributed by atoms with van der Waals surface area (Å²) in [6.45, 7) is 2.41. The van der Waals surface area contributed by atoms with Crippen LogP contribution in [0.2, 0.25) is 0 Å². The second kappa shape index (κ2) is 3.78. The zero-order valence-electron chi connectivity index (χ0n) is 8.82. The van der Waals surface area contributed by atoms with Gasteiger partial charge in [-0.05, 0) is 55.0 Å². The number of aromatic nitrogens is 1. The second-order valence-corrected chi connectivity index (χ2v) is 4.59. The molecule has 0 radical (unpaired) electrons. The molecule has 1 aromatic heterocycles. The Kier molecular flexibility index (Phi) is 2.29. The summed E-state index contributed by atoms with van der Waals surface area (Å²) < 4.78 is 0. The van der Waals surface area contributed by atoms with Crippen molar-refractivity contribution in [3.63, 3.8) is 0 Å². The van der Waals surface area contributed by atoms with Crippen LogP contribution in [-0.2, 0) is 0 Å². The Labute approximate surface area is 90.4 Å². The first kappa shape index (κ1) is 9.10. The van der Waals surface area contributed by atoms with Crippen molar-refractivity contribution < 1.29 is 0 Å². The third kappa shape index (κ3) is 1.70. The molecule has 2 heterocycles. The van der Waals surface area contributed by atoms with Crippen LogP contribution in [0.5, 0.6) is 0 Å². The summed E-state index contributed by atoms with van der Waals surface area (Å²) in [7, 11) is 0. The van der Waals surface area contributed by atoms with E-state index >= 15 is 0 Å². The molecule has 2 nitrogen and oxygen atoms in total. The van der Waals surface area contributed by atoms with Gasteiger partial charge < -0.3 is 5.32 Å². The molecule has 0 spiro atoms. The molecule has 2 atom stereocenters. The minimum absolute atomic E-state index is 0.852. The molecule has 15 heavy (non-hydrogen) atoms. The van der Waals surface area contributed by atoms with E-state index in [1.54, 1.807) is 0 Å². The van der Waals surface area contributed by atoms with E-state index < -0.39 is 0 Å². The van der Waals surface area contributed by atoms with Crippen molar-refractivity contribution in [2.24, 2.45) is 11.8 Å². The Morgan fingerprint density at radius 1 is 1.27 bits per heavy atom. The quantitative estimate of drug-likeness (QED) is 0.751. The summed E-state index contributed by atoms with van der Waals surface area (Å²) in [5, 5.41) is 3.49. The lowest BCUT2D eigenvalue weighted by Gasteiger charge is -2.24. The van der Waals surface area contributed by atoms with E-state index in [9.17, 15) is 0 Å². The molecule has 2 aliphatic rings. The summed E-state index contributed by atoms with van der Waals surface area (Å²) >= 11 is 0. The Balaban J connectivity index is 1.84. The highest BCUT2D eigenvalue weighted by Crippen LogP contribution is 2.36. The fraction of sp³-hybridized carbons (Fsp3) is 0.462. The van der Waals surface area contributed by atoms with Crippen molar-refractivity contribution in [3.05, 3.63) is 36.2 Å². The average Bonchev–Trinajstić information content (AvgIpc) is 2.77. The molecule has 1 aromatic rings. The van der Waals surface area contributed by atoms with E-state index in [1.807, 2.05) is 18.5 Å². The lowest BCUT2D eigenvalue weighted by atomic mass is 9.80. The van der Waals surface area contributed by atoms with Crippen LogP contribution in [0.25, 0.3) is 5.57 Å². The maximum Gasteiger partial charge on any atom is 0.0342 e. The van der Waals surface area contributed by atoms with Crippen molar-refractivity contribution in [3.8, 4) is 0 Å². The Bertz CT molecular complexity index is 369. The van der Waals surface area contributed by atoms with Crippen molar-refractivity contribution in [1.29, 1.82) is 0 Å². The van der Waals surface area contributed by atoms with E-state index in [2.05, 4.69) is 22.4 Å². The van der Waals surface area contributed by atoms with Gasteiger partial charge in [0.15, 0.2) is 0 Å². The molecule has 0 bridgehead atoms. The highest BCUT2D eigenvalue weighted by molar-refractivity contribution is 5.65. The lowest BCUT2D eigenvalue weighted by molar-refractivity contribution is 0.418. The summed E-state index contributed by atoms with van der Waals surface area (Å²) in [4.78, 5) is 4.19. The van der Waals surface area contributed by atoms with Gasteiger partial charge in [0.25, 0.3) is 0 Å². The lowest BCUT2D eigenvalue weighted by Crippen LogP contribution is -2.16. The zero-order chi connectivity index (χ0) is 10.1. The standard InChI is InChI=1S/C13H16N2/c1-2-11(7-14-5-1)10-3-4-12-8-15-9-13(12)6-10/h1-3,5,7,12-13,15H,4,6,8-9H2/t12-,13+/m0/s1. The van der Waals surface area contributed by atoms with Crippen LogP contribution in [0.3, 0.4) is 0 Å². The molecule has 1 N–H and O–H groups in total. The molecule has 3 rings (SSSR count). The van der Waals surface area contributed by atoms with E-state index in [-0.39, 0.29) is 0 Å². The summed E-state index contributed by atoms with van der Waals surface area (Å²) in [5.41, 5.74) is 2.80. The molecular formula is C13H16N2. The first-order chi connectivity index (χ1) is 7.43. The average molecular weight is 200 g/mol. The van der Waals surface area contributed by atoms with Crippen LogP contribution in [0.4, 0.5) is 0 Å². The van der Waals surface area contributed by atoms with E-state index in [0.29, 0.717) is 0 Å². The molecule has 0 saturated carbocycles. The maximum absolute atomic E-state index is 4.19. The van der Waals surface area contributed by atoms with Gasteiger partial charge in [-0.1, -0.05) is 12.1 Å². The molecule has 0 amide bonds. The van der Waals surface area contributed by atoms with Gasteiger partial charge in [-0.3, -0.25) is 4.98 Å². The fourth-order valence-corrected chi connectivity index (χ4v) is 2.75. The molecular weight excluding hydrogens is 184 g/mol. The van der Waals surface area contributed by atoms with Crippen molar-refractivity contribution in [2.75, 3.05) is 13.1 Å². The molecule has 1 aliphatic carbocycles. The number of rotatable bonds is 1. The minimum atomic E-state index is 0.852. The number of nitrogens with one attached hydrogen (secondary N) is 1. The van der Waals surface area contributed by atoms with Crippen LogP contribution in [0, 0.1) is 11.8 Å². The van der Waals surface area contributed by atoms with E-state index in [1.165, 1.54) is 37.1 Å². The van der Waals surface area contributed by atoms with Gasteiger partial charge in [-0.15, -0.1) is 0 Å². The van der Waals surface area contributed by atoms with Gasteiger partial charge in [-0.25, -0.2) is 0 Å². The largest absolute Gasteiger partial charge is 0.316 e. The molecule has 0 aromatic carbocycles. The van der Waals surface area contributed by atoms with Crippen molar-refractivity contribution in [2.45, 2.75) is 12.8 Å². The number of hydrogen-bond donors (Lipinski definition) is 1. The second-order valence-electron chi connectivity index (χ2n) is 4.59. The summed E-state index contributed by atoms with van der Waals surface area (Å²) in [6.07, 6.45) is 8.69. The third-order valence-corrected chi connectivity index (χ3v) is 3.66. The number of pyridine rings is 1. The van der Waals surface area contributed by atoms with Crippen LogP contribution in [0.1, 0.15) is 18.4 Å². The summed E-state index contributed by atoms with van der Waals surface area (Å²) in [5.74, 6) is 1.73. The Morgan fingerprint density at radius 2 is 2.20 bits per heavy atom. The van der Waals surface area contributed by atoms with Crippen molar-refractivity contribution >= 4 is 5.57 Å². The summed E-state index contributed by atoms with van der Waals surface area (Å²) in [6, 6.07) is 4.19.